The van der Waals surface area contributed by atoms with Gasteiger partial charge in [-0.05, 0) is 62.9 Å². The number of pyridine rings is 1. The molecular weight excluding hydrogens is 433 g/mol. The molecule has 4 rings (SSSR count). The van der Waals surface area contributed by atoms with Crippen LogP contribution in [0.15, 0.2) is 29.2 Å². The van der Waals surface area contributed by atoms with Crippen LogP contribution < -0.4 is 9.62 Å². The molecule has 2 atom stereocenters. The number of halogens is 4. The van der Waals surface area contributed by atoms with Crippen LogP contribution in [0, 0.1) is 23.5 Å². The van der Waals surface area contributed by atoms with E-state index in [-0.39, 0.29) is 15.7 Å². The van der Waals surface area contributed by atoms with Crippen molar-refractivity contribution >= 4 is 35.1 Å². The van der Waals surface area contributed by atoms with Crippen LogP contribution in [0.25, 0.3) is 0 Å². The van der Waals surface area contributed by atoms with Crippen LogP contribution >= 0.6 is 23.5 Å². The van der Waals surface area contributed by atoms with E-state index in [0.717, 1.165) is 26.1 Å². The van der Waals surface area contributed by atoms with E-state index in [1.807, 2.05) is 4.90 Å². The molecule has 0 amide bonds. The predicted octanol–water partition coefficient (Wildman–Crippen LogP) is 5.58. The third-order valence-corrected chi connectivity index (χ3v) is 7.26. The second-order valence-corrected chi connectivity index (χ2v) is 9.12. The maximum atomic E-state index is 14.9. The molecule has 1 unspecified atom stereocenters. The second kappa shape index (κ2) is 9.24. The van der Waals surface area contributed by atoms with Crippen molar-refractivity contribution in [2.24, 2.45) is 5.92 Å². The van der Waals surface area contributed by atoms with Crippen LogP contribution in [0.1, 0.15) is 25.7 Å². The summed E-state index contributed by atoms with van der Waals surface area (Å²) in [5.74, 6) is -1.58. The molecule has 0 bridgehead atoms. The number of likely N-dealkylation sites (tertiary alicyclic amines) is 1. The van der Waals surface area contributed by atoms with Crippen LogP contribution in [0.3, 0.4) is 0 Å². The lowest BCUT2D eigenvalue weighted by atomic mass is 9.90. The van der Waals surface area contributed by atoms with Crippen molar-refractivity contribution in [2.45, 2.75) is 36.6 Å². The van der Waals surface area contributed by atoms with Gasteiger partial charge in [0.2, 0.25) is 5.95 Å². The summed E-state index contributed by atoms with van der Waals surface area (Å²) in [5, 5.41) is -0.0921. The topological polar surface area (TPSA) is 31.4 Å². The summed E-state index contributed by atoms with van der Waals surface area (Å²) in [7, 11) is 2.16. The number of piperidine rings is 1. The Hall–Kier alpha value is -1.64. The summed E-state index contributed by atoms with van der Waals surface area (Å²) in [5.41, 5.74) is 0.390. The zero-order chi connectivity index (χ0) is 21.3. The standard InChI is InChI=1S/C21H24ClF3N4S/c1-28-9-3-2-5-15(28)13-8-10-29(12-13)16-11-14(23)21(20(25)19(16)22)30-27-18-7-4-6-17(24)26-18/h4,6-7,11,13,15H,2-3,5,8-10,12H2,1H3,(H,26,27)/t13?,15-/m1/s1. The fraction of sp³-hybridized carbons (Fsp3) is 0.476. The normalized spacial score (nSPS) is 22.5. The molecule has 2 saturated heterocycles. The third-order valence-electron chi connectivity index (χ3n) is 6.01. The van der Waals surface area contributed by atoms with E-state index in [2.05, 4.69) is 21.7 Å². The zero-order valence-corrected chi connectivity index (χ0v) is 18.2. The zero-order valence-electron chi connectivity index (χ0n) is 16.7. The van der Waals surface area contributed by atoms with E-state index in [0.29, 0.717) is 29.6 Å². The van der Waals surface area contributed by atoms with Gasteiger partial charge in [-0.25, -0.2) is 13.8 Å². The molecule has 9 heteroatoms. The number of nitrogens with one attached hydrogen (secondary N) is 1. The van der Waals surface area contributed by atoms with Crippen molar-refractivity contribution in [1.29, 1.82) is 0 Å². The molecule has 2 fully saturated rings. The monoisotopic (exact) mass is 456 g/mol. The van der Waals surface area contributed by atoms with Gasteiger partial charge in [-0.15, -0.1) is 0 Å². The summed E-state index contributed by atoms with van der Waals surface area (Å²) >= 11 is 6.99. The average molecular weight is 457 g/mol. The molecule has 0 radical (unpaired) electrons. The van der Waals surface area contributed by atoms with Gasteiger partial charge in [0.25, 0.3) is 0 Å². The quantitative estimate of drug-likeness (QED) is 0.360. The van der Waals surface area contributed by atoms with E-state index in [1.54, 1.807) is 0 Å². The maximum absolute atomic E-state index is 14.9. The van der Waals surface area contributed by atoms with Gasteiger partial charge >= 0.3 is 0 Å². The van der Waals surface area contributed by atoms with E-state index >= 15 is 0 Å². The van der Waals surface area contributed by atoms with Crippen LogP contribution in [-0.4, -0.2) is 42.6 Å². The van der Waals surface area contributed by atoms with Gasteiger partial charge in [-0.3, -0.25) is 0 Å². The van der Waals surface area contributed by atoms with Gasteiger partial charge < -0.3 is 14.5 Å². The maximum Gasteiger partial charge on any atom is 0.214 e. The number of nitrogens with zero attached hydrogens (tertiary/aromatic N) is 3. The molecule has 4 nitrogen and oxygen atoms in total. The summed E-state index contributed by atoms with van der Waals surface area (Å²) in [4.78, 5) is 7.75. The number of anilines is 2. The molecule has 1 N–H and O–H groups in total. The first-order valence-corrected chi connectivity index (χ1v) is 11.3. The van der Waals surface area contributed by atoms with Crippen molar-refractivity contribution in [2.75, 3.05) is 36.3 Å². The Morgan fingerprint density at radius 1 is 1.17 bits per heavy atom. The van der Waals surface area contributed by atoms with Crippen LogP contribution in [-0.2, 0) is 0 Å². The Labute approximate surface area is 183 Å². The van der Waals surface area contributed by atoms with Crippen molar-refractivity contribution in [3.05, 3.63) is 46.9 Å². The number of benzene rings is 1. The molecule has 2 aromatic rings. The van der Waals surface area contributed by atoms with E-state index in [1.165, 1.54) is 43.5 Å². The SMILES string of the molecule is CN1CCCC[C@@H]1C1CCN(c2cc(F)c(SNc3cccc(F)n3)c(F)c2Cl)C1. The Bertz CT molecular complexity index is 916. The first-order chi connectivity index (χ1) is 14.4. The molecule has 162 valence electrons. The molecule has 1 aromatic heterocycles. The Balaban J connectivity index is 1.48. The van der Waals surface area contributed by atoms with Gasteiger partial charge in [-0.1, -0.05) is 24.1 Å². The van der Waals surface area contributed by atoms with Crippen molar-refractivity contribution in [3.8, 4) is 0 Å². The highest BCUT2D eigenvalue weighted by Gasteiger charge is 2.34. The van der Waals surface area contributed by atoms with Gasteiger partial charge in [-0.2, -0.15) is 4.39 Å². The highest BCUT2D eigenvalue weighted by molar-refractivity contribution is 8.00. The molecule has 2 aliphatic heterocycles. The summed E-state index contributed by atoms with van der Waals surface area (Å²) in [6.45, 7) is 2.57. The fourth-order valence-electron chi connectivity index (χ4n) is 4.47. The Morgan fingerprint density at radius 3 is 2.77 bits per heavy atom. The van der Waals surface area contributed by atoms with Crippen LogP contribution in [0.5, 0.6) is 0 Å². The van der Waals surface area contributed by atoms with Gasteiger partial charge in [0, 0.05) is 25.2 Å². The summed E-state index contributed by atoms with van der Waals surface area (Å²) in [6.07, 6.45) is 4.61. The second-order valence-electron chi connectivity index (χ2n) is 7.92. The first-order valence-electron chi connectivity index (χ1n) is 10.1. The Morgan fingerprint density at radius 2 is 2.00 bits per heavy atom. The first kappa shape index (κ1) is 21.6. The lowest BCUT2D eigenvalue weighted by molar-refractivity contribution is 0.137. The number of hydrogen-bond acceptors (Lipinski definition) is 5. The molecule has 0 saturated carbocycles. The van der Waals surface area contributed by atoms with Crippen molar-refractivity contribution in [1.82, 2.24) is 9.88 Å². The summed E-state index contributed by atoms with van der Waals surface area (Å²) in [6, 6.07) is 5.96. The minimum absolute atomic E-state index is 0.0921. The molecule has 30 heavy (non-hydrogen) atoms. The van der Waals surface area contributed by atoms with Crippen molar-refractivity contribution in [3.63, 3.8) is 0 Å². The predicted molar refractivity (Wildman–Crippen MR) is 116 cm³/mol. The smallest absolute Gasteiger partial charge is 0.214 e. The van der Waals surface area contributed by atoms with Gasteiger partial charge in [0.1, 0.15) is 21.6 Å². The van der Waals surface area contributed by atoms with Crippen LogP contribution in [0.4, 0.5) is 24.7 Å². The van der Waals surface area contributed by atoms with E-state index < -0.39 is 17.6 Å². The highest BCUT2D eigenvalue weighted by Crippen LogP contribution is 2.40. The average Bonchev–Trinajstić information content (AvgIpc) is 3.21. The van der Waals surface area contributed by atoms with Crippen molar-refractivity contribution < 1.29 is 13.2 Å². The molecule has 0 aliphatic carbocycles. The minimum atomic E-state index is -0.821. The van der Waals surface area contributed by atoms with Gasteiger partial charge in [0.15, 0.2) is 5.82 Å². The molecule has 2 aliphatic rings. The van der Waals surface area contributed by atoms with Gasteiger partial charge in [0.05, 0.1) is 5.69 Å². The fourth-order valence-corrected chi connectivity index (χ4v) is 5.47. The Kier molecular flexibility index (Phi) is 6.65. The number of aromatic nitrogens is 1. The lowest BCUT2D eigenvalue weighted by Gasteiger charge is -2.36. The number of rotatable bonds is 5. The van der Waals surface area contributed by atoms with E-state index in [9.17, 15) is 13.2 Å². The van der Waals surface area contributed by atoms with Crippen LogP contribution in [0.2, 0.25) is 5.02 Å². The molecule has 0 spiro atoms. The third kappa shape index (κ3) is 4.50. The van der Waals surface area contributed by atoms with E-state index in [4.69, 9.17) is 11.6 Å². The highest BCUT2D eigenvalue weighted by atomic mass is 35.5. The lowest BCUT2D eigenvalue weighted by Crippen LogP contribution is -2.42. The number of hydrogen-bond donors (Lipinski definition) is 1. The molecular formula is C21H24ClF3N4S. The minimum Gasteiger partial charge on any atom is -0.370 e. The molecule has 3 heterocycles. The molecule has 1 aromatic carbocycles. The largest absolute Gasteiger partial charge is 0.370 e. The summed E-state index contributed by atoms with van der Waals surface area (Å²) < 4.78 is 45.5.